The summed E-state index contributed by atoms with van der Waals surface area (Å²) in [6.45, 7) is 10.8. The number of aliphatic carboxylic acids is 2. The van der Waals surface area contributed by atoms with Gasteiger partial charge in [-0.15, -0.1) is 0 Å². The molecule has 12 atom stereocenters. The standard InChI is InChI=1S/C83H99N11O14/c1-50(84-7)72(95)86-62(40-52-18-10-9-11-19-52)47-93-49-65-46-83(93,6)81(106)91-67(44-56-27-31-58-21-13-15-23-61(58)39-56)76(99)90-68(79(102)103)41-53-24-32-59(33-25-53)74(97)87-63-45-70(94(48-63)78(101)71(82(3,4)5)92-73(96)51(2)85-8)77(100)88-66(43-55-26-30-57-20-12-14-22-60(57)38-55)75(98)89-69(80(104)105)42-54-28-34-64(35-29-54)107-36-16-17-37-108-65/h9-35,38-39,50-51,62-63,65-71,84-85H,36-37,40-49H2,1-8H3,(H,86,95)(H,87,97)(H,88,100)(H,89,98)(H,90,99)(H,91,106)(H,92,96)(H,102,103)(H,104,105). The number of carbonyl (C=O) groups is 10. The first-order valence-corrected chi connectivity index (χ1v) is 36.7. The minimum atomic E-state index is -1.55. The van der Waals surface area contributed by atoms with Gasteiger partial charge in [0.2, 0.25) is 41.4 Å². The van der Waals surface area contributed by atoms with Crippen LogP contribution in [0.5, 0.6) is 5.75 Å². The Kier molecular flexibility index (Phi) is 26.7. The number of carboxylic acids is 2. The summed E-state index contributed by atoms with van der Waals surface area (Å²) in [4.78, 5) is 147. The molecule has 0 spiro atoms. The number of ether oxygens (including phenoxy) is 2. The molecule has 8 amide bonds. The summed E-state index contributed by atoms with van der Waals surface area (Å²) in [5.41, 5.74) is 1.01. The molecule has 25 heteroatoms. The minimum Gasteiger partial charge on any atom is -0.490 e. The summed E-state index contributed by atoms with van der Waals surface area (Å²) in [6.07, 6.45) is 2.80. The normalized spacial score (nSPS) is 22.8. The van der Waals surface area contributed by atoms with Crippen molar-refractivity contribution >= 4 is 80.7 Å². The first-order valence-electron chi connectivity index (χ1n) is 36.7. The van der Waals surface area contributed by atoms with Crippen LogP contribution >= 0.6 is 0 Å². The molecule has 108 heavy (non-hydrogen) atoms. The van der Waals surface area contributed by atoms with E-state index >= 15 is 19.2 Å². The van der Waals surface area contributed by atoms with Crippen LogP contribution in [0, 0.1) is 5.41 Å². The second-order valence-electron chi connectivity index (χ2n) is 29.7. The fourth-order valence-corrected chi connectivity index (χ4v) is 14.0. The maximum atomic E-state index is 15.5. The fourth-order valence-electron chi connectivity index (χ4n) is 14.0. The van der Waals surface area contributed by atoms with Gasteiger partial charge in [0.25, 0.3) is 5.91 Å². The van der Waals surface area contributed by atoms with Crippen LogP contribution in [0.25, 0.3) is 21.5 Å². The van der Waals surface area contributed by atoms with Gasteiger partial charge in [0.05, 0.1) is 24.8 Å². The molecule has 25 nitrogen and oxygen atoms in total. The molecule has 0 saturated carbocycles. The number of hydrogen-bond acceptors (Lipinski definition) is 15. The number of likely N-dealkylation sites (N-methyl/N-ethyl adjacent to an activating group) is 2. The van der Waals surface area contributed by atoms with E-state index in [1.54, 1.807) is 110 Å². The highest BCUT2D eigenvalue weighted by molar-refractivity contribution is 5.99. The lowest BCUT2D eigenvalue weighted by Crippen LogP contribution is -2.61. The third-order valence-electron chi connectivity index (χ3n) is 20.6. The maximum Gasteiger partial charge on any atom is 0.326 e. The second kappa shape index (κ2) is 36.2. The van der Waals surface area contributed by atoms with Crippen LogP contribution in [0.15, 0.2) is 176 Å². The summed E-state index contributed by atoms with van der Waals surface area (Å²) >= 11 is 0. The Morgan fingerprint density at radius 2 is 1.10 bits per heavy atom. The van der Waals surface area contributed by atoms with Crippen molar-refractivity contribution in [2.45, 2.75) is 159 Å². The zero-order chi connectivity index (χ0) is 77.4. The lowest BCUT2D eigenvalue weighted by Gasteiger charge is -2.37. The number of hydrogen-bond donors (Lipinski definition) is 11. The van der Waals surface area contributed by atoms with Crippen LogP contribution in [0.2, 0.25) is 0 Å². The number of likely N-dealkylation sites (tertiary alicyclic amines) is 2. The molecule has 8 bridgehead atoms. The van der Waals surface area contributed by atoms with E-state index in [9.17, 15) is 39.0 Å². The van der Waals surface area contributed by atoms with Gasteiger partial charge < -0.3 is 72.4 Å². The van der Waals surface area contributed by atoms with E-state index in [0.717, 1.165) is 27.1 Å². The molecule has 12 unspecified atom stereocenters. The fraction of sp³-hybridized carbons (Fsp3) is 0.398. The average Bonchev–Trinajstić information content (AvgIpc) is 1.60. The van der Waals surface area contributed by atoms with Gasteiger partial charge in [-0.2, -0.15) is 0 Å². The van der Waals surface area contributed by atoms with Crippen LogP contribution in [-0.4, -0.2) is 198 Å². The molecule has 6 aliphatic rings. The van der Waals surface area contributed by atoms with E-state index in [1.807, 2.05) is 114 Å². The van der Waals surface area contributed by atoms with Crippen molar-refractivity contribution in [1.82, 2.24) is 57.7 Å². The third-order valence-corrected chi connectivity index (χ3v) is 20.6. The number of rotatable bonds is 17. The maximum absolute atomic E-state index is 15.5. The van der Waals surface area contributed by atoms with E-state index < -0.39 is 131 Å². The number of carboxylic acid groups (broad SMARTS) is 2. The van der Waals surface area contributed by atoms with Crippen LogP contribution in [-0.2, 0) is 80.0 Å². The van der Waals surface area contributed by atoms with Gasteiger partial charge >= 0.3 is 11.9 Å². The van der Waals surface area contributed by atoms with E-state index in [1.165, 1.54) is 17.0 Å². The van der Waals surface area contributed by atoms with Crippen molar-refractivity contribution in [2.75, 3.05) is 46.9 Å². The molecule has 13 rings (SSSR count). The van der Waals surface area contributed by atoms with Gasteiger partial charge in [0.15, 0.2) is 0 Å². The predicted octanol–water partition coefficient (Wildman–Crippen LogP) is 5.34. The molecule has 7 aromatic rings. The zero-order valence-corrected chi connectivity index (χ0v) is 62.3. The topological polar surface area (TPSA) is 344 Å². The number of benzene rings is 7. The van der Waals surface area contributed by atoms with E-state index in [4.69, 9.17) is 9.47 Å². The molecular weight excluding hydrogens is 1370 g/mol. The van der Waals surface area contributed by atoms with Crippen LogP contribution < -0.4 is 52.6 Å². The molecule has 0 aromatic heterocycles. The molecular formula is C83H99N11O14. The van der Waals surface area contributed by atoms with Gasteiger partial charge in [-0.1, -0.05) is 166 Å². The summed E-state index contributed by atoms with van der Waals surface area (Å²) in [5.74, 6) is -7.24. The molecule has 0 aliphatic carbocycles. The summed E-state index contributed by atoms with van der Waals surface area (Å²) in [5, 5.41) is 51.4. The second-order valence-corrected chi connectivity index (χ2v) is 29.7. The summed E-state index contributed by atoms with van der Waals surface area (Å²) in [7, 11) is 3.28. The van der Waals surface area contributed by atoms with Crippen molar-refractivity contribution in [3.63, 3.8) is 0 Å². The summed E-state index contributed by atoms with van der Waals surface area (Å²) < 4.78 is 12.6. The average molecular weight is 1470 g/mol. The minimum absolute atomic E-state index is 0.0445. The van der Waals surface area contributed by atoms with Gasteiger partial charge in [0.1, 0.15) is 54.1 Å². The van der Waals surface area contributed by atoms with E-state index in [2.05, 4.69) is 47.9 Å². The van der Waals surface area contributed by atoms with Crippen molar-refractivity contribution in [3.8, 4) is 5.75 Å². The Morgan fingerprint density at radius 3 is 1.65 bits per heavy atom. The van der Waals surface area contributed by atoms with E-state index in [0.29, 0.717) is 34.4 Å². The number of nitrogens with zero attached hydrogens (tertiary/aromatic N) is 2. The zero-order valence-electron chi connectivity index (χ0n) is 62.3. The van der Waals surface area contributed by atoms with Crippen molar-refractivity contribution in [2.24, 2.45) is 5.41 Å². The number of nitrogens with one attached hydrogen (secondary N) is 9. The van der Waals surface area contributed by atoms with Gasteiger partial charge in [-0.05, 0) is 133 Å². The van der Waals surface area contributed by atoms with Crippen LogP contribution in [0.3, 0.4) is 0 Å². The number of amides is 8. The van der Waals surface area contributed by atoms with Gasteiger partial charge in [-0.25, -0.2) is 9.59 Å². The van der Waals surface area contributed by atoms with Crippen molar-refractivity contribution in [1.29, 1.82) is 0 Å². The smallest absolute Gasteiger partial charge is 0.326 e. The molecule has 570 valence electrons. The summed E-state index contributed by atoms with van der Waals surface area (Å²) in [6, 6.07) is 37.8. The number of carbonyl (C=O) groups excluding carboxylic acids is 8. The highest BCUT2D eigenvalue weighted by Gasteiger charge is 2.50. The SMILES string of the molecule is CNC(C)C(=O)NC(Cc1ccccc1)CN1CC2CC1(C)C(=O)NC(Cc1ccc3ccccc3c1)C(=O)NC(C(=O)O)Cc1ccc(cc1)C(=O)NC1CC(C(=O)NC(Cc3ccc4ccccc4c3)C(=O)NC(C(=O)O)Cc3ccc(cc3)OCC=CCO2)N(C(=O)C(NC(=O)C(C)NC)C(C)(C)C)C1. The molecule has 7 aromatic carbocycles. The molecule has 6 aliphatic heterocycles. The van der Waals surface area contributed by atoms with Crippen LogP contribution in [0.4, 0.5) is 0 Å². The molecule has 11 N–H and O–H groups in total. The monoisotopic (exact) mass is 1470 g/mol. The lowest BCUT2D eigenvalue weighted by molar-refractivity contribution is -0.145. The lowest BCUT2D eigenvalue weighted by atomic mass is 9.85. The molecule has 6 heterocycles. The number of fused-ring (bicyclic) bond motifs is 2. The highest BCUT2D eigenvalue weighted by atomic mass is 16.5. The Labute approximate surface area is 629 Å². The molecule has 2 fully saturated rings. The first-order chi connectivity index (χ1) is 51.6. The Hall–Kier alpha value is -10.9. The van der Waals surface area contributed by atoms with Gasteiger partial charge in [0, 0.05) is 69.4 Å². The Morgan fingerprint density at radius 1 is 0.583 bits per heavy atom. The molecule has 2 saturated heterocycles. The van der Waals surface area contributed by atoms with Crippen LogP contribution in [0.1, 0.15) is 92.6 Å². The predicted molar refractivity (Wildman–Crippen MR) is 409 cm³/mol. The Balaban J connectivity index is 0.979. The van der Waals surface area contributed by atoms with Gasteiger partial charge in [-0.3, -0.25) is 43.3 Å². The van der Waals surface area contributed by atoms with Crippen molar-refractivity contribution in [3.05, 3.63) is 209 Å². The first kappa shape index (κ1) is 79.7. The van der Waals surface area contributed by atoms with E-state index in [-0.39, 0.29) is 82.8 Å². The quantitative estimate of drug-likeness (QED) is 0.0512. The third kappa shape index (κ3) is 20.8. The largest absolute Gasteiger partial charge is 0.490 e. The van der Waals surface area contributed by atoms with Crippen molar-refractivity contribution < 1.29 is 67.6 Å². The molecule has 0 radical (unpaired) electrons. The Bertz CT molecular complexity index is 4420. The highest BCUT2D eigenvalue weighted by Crippen LogP contribution is 2.34.